The van der Waals surface area contributed by atoms with Gasteiger partial charge in [-0.2, -0.15) is 0 Å². The molecule has 0 bridgehead atoms. The molecular formula is C9H21NO. The number of hydrogen-bond acceptors (Lipinski definition) is 2. The first-order valence-corrected chi connectivity index (χ1v) is 4.50. The van der Waals surface area contributed by atoms with Gasteiger partial charge in [0.05, 0.1) is 6.10 Å². The summed E-state index contributed by atoms with van der Waals surface area (Å²) in [4.78, 5) is 0. The molecule has 0 radical (unpaired) electrons. The van der Waals surface area contributed by atoms with Gasteiger partial charge in [0.15, 0.2) is 0 Å². The van der Waals surface area contributed by atoms with Gasteiger partial charge in [0.25, 0.3) is 0 Å². The molecular weight excluding hydrogens is 138 g/mol. The number of ether oxygens (including phenoxy) is 1. The lowest BCUT2D eigenvalue weighted by Gasteiger charge is -2.26. The molecule has 11 heavy (non-hydrogen) atoms. The van der Waals surface area contributed by atoms with E-state index in [0.717, 1.165) is 13.0 Å². The monoisotopic (exact) mass is 159 g/mol. The second kappa shape index (κ2) is 5.56. The smallest absolute Gasteiger partial charge is 0.0748 e. The molecule has 0 aromatic heterocycles. The molecule has 0 aliphatic carbocycles. The van der Waals surface area contributed by atoms with Crippen LogP contribution in [-0.2, 0) is 4.74 Å². The first-order valence-electron chi connectivity index (χ1n) is 4.50. The quantitative estimate of drug-likeness (QED) is 0.663. The highest BCUT2D eigenvalue weighted by atomic mass is 16.5. The number of hydrogen-bond donors (Lipinski definition) is 1. The molecule has 0 spiro atoms. The van der Waals surface area contributed by atoms with Gasteiger partial charge in [-0.25, -0.2) is 0 Å². The molecule has 0 saturated heterocycles. The summed E-state index contributed by atoms with van der Waals surface area (Å²) in [6.45, 7) is 9.17. The van der Waals surface area contributed by atoms with E-state index in [1.807, 2.05) is 6.92 Å². The Morgan fingerprint density at radius 3 is 2.09 bits per heavy atom. The maximum Gasteiger partial charge on any atom is 0.0748 e. The zero-order chi connectivity index (χ0) is 8.85. The summed E-state index contributed by atoms with van der Waals surface area (Å²) in [6, 6.07) is 0.190. The van der Waals surface area contributed by atoms with Crippen molar-refractivity contribution in [3.63, 3.8) is 0 Å². The van der Waals surface area contributed by atoms with Gasteiger partial charge >= 0.3 is 0 Å². The molecule has 2 N–H and O–H groups in total. The minimum atomic E-state index is 0.190. The highest BCUT2D eigenvalue weighted by Crippen LogP contribution is 2.11. The van der Waals surface area contributed by atoms with Gasteiger partial charge in [0.1, 0.15) is 0 Å². The van der Waals surface area contributed by atoms with Crippen LogP contribution in [0.15, 0.2) is 0 Å². The third kappa shape index (κ3) is 3.73. The van der Waals surface area contributed by atoms with Crippen molar-refractivity contribution in [2.24, 2.45) is 11.7 Å². The Bertz CT molecular complexity index is 93.6. The largest absolute Gasteiger partial charge is 0.377 e. The SMILES string of the molecule is CCOC(C(C)C)[C@H](N)CC. The van der Waals surface area contributed by atoms with Crippen LogP contribution in [-0.4, -0.2) is 18.8 Å². The van der Waals surface area contributed by atoms with E-state index in [1.165, 1.54) is 0 Å². The Labute approximate surface area is 70.1 Å². The highest BCUT2D eigenvalue weighted by Gasteiger charge is 2.19. The molecule has 0 aromatic rings. The molecule has 68 valence electrons. The molecule has 2 nitrogen and oxygen atoms in total. The van der Waals surface area contributed by atoms with Crippen LogP contribution >= 0.6 is 0 Å². The zero-order valence-corrected chi connectivity index (χ0v) is 8.13. The van der Waals surface area contributed by atoms with Crippen LogP contribution in [0.25, 0.3) is 0 Å². The molecule has 0 aliphatic rings. The maximum absolute atomic E-state index is 5.88. The van der Waals surface area contributed by atoms with Crippen molar-refractivity contribution in [2.75, 3.05) is 6.61 Å². The lowest BCUT2D eigenvalue weighted by atomic mass is 9.98. The van der Waals surface area contributed by atoms with Crippen LogP contribution in [0.2, 0.25) is 0 Å². The van der Waals surface area contributed by atoms with E-state index in [0.29, 0.717) is 5.92 Å². The van der Waals surface area contributed by atoms with Crippen molar-refractivity contribution < 1.29 is 4.74 Å². The van der Waals surface area contributed by atoms with Crippen LogP contribution < -0.4 is 5.73 Å². The summed E-state index contributed by atoms with van der Waals surface area (Å²) in [5, 5.41) is 0. The summed E-state index contributed by atoms with van der Waals surface area (Å²) in [5.74, 6) is 0.518. The average Bonchev–Trinajstić information content (AvgIpc) is 1.98. The fraction of sp³-hybridized carbons (Fsp3) is 1.00. The van der Waals surface area contributed by atoms with Crippen molar-refractivity contribution in [1.29, 1.82) is 0 Å². The fourth-order valence-electron chi connectivity index (χ4n) is 1.24. The second-order valence-electron chi connectivity index (χ2n) is 3.24. The molecule has 0 aliphatic heterocycles. The van der Waals surface area contributed by atoms with E-state index in [1.54, 1.807) is 0 Å². The first kappa shape index (κ1) is 10.9. The van der Waals surface area contributed by atoms with E-state index >= 15 is 0 Å². The van der Waals surface area contributed by atoms with Gasteiger partial charge in [-0.15, -0.1) is 0 Å². The minimum Gasteiger partial charge on any atom is -0.377 e. The summed E-state index contributed by atoms with van der Waals surface area (Å²) < 4.78 is 5.53. The Hall–Kier alpha value is -0.0800. The normalized spacial score (nSPS) is 16.9. The predicted molar refractivity (Wildman–Crippen MR) is 48.5 cm³/mol. The van der Waals surface area contributed by atoms with Crippen molar-refractivity contribution in [3.8, 4) is 0 Å². The molecule has 0 saturated carbocycles. The third-order valence-corrected chi connectivity index (χ3v) is 1.91. The minimum absolute atomic E-state index is 0.190. The average molecular weight is 159 g/mol. The van der Waals surface area contributed by atoms with Crippen LogP contribution in [0.5, 0.6) is 0 Å². The van der Waals surface area contributed by atoms with E-state index in [9.17, 15) is 0 Å². The van der Waals surface area contributed by atoms with Gasteiger partial charge in [-0.05, 0) is 19.3 Å². The van der Waals surface area contributed by atoms with Gasteiger partial charge in [-0.3, -0.25) is 0 Å². The second-order valence-corrected chi connectivity index (χ2v) is 3.24. The van der Waals surface area contributed by atoms with Crippen LogP contribution in [0.1, 0.15) is 34.1 Å². The van der Waals surface area contributed by atoms with Gasteiger partial charge in [0.2, 0.25) is 0 Å². The lowest BCUT2D eigenvalue weighted by molar-refractivity contribution is 0.0119. The van der Waals surface area contributed by atoms with Crippen LogP contribution in [0.3, 0.4) is 0 Å². The Kier molecular flexibility index (Phi) is 5.51. The molecule has 2 atom stereocenters. The van der Waals surface area contributed by atoms with E-state index in [4.69, 9.17) is 10.5 Å². The molecule has 0 heterocycles. The molecule has 0 fully saturated rings. The Balaban J connectivity index is 3.87. The van der Waals surface area contributed by atoms with Crippen molar-refractivity contribution in [1.82, 2.24) is 0 Å². The predicted octanol–water partition coefficient (Wildman–Crippen LogP) is 1.78. The zero-order valence-electron chi connectivity index (χ0n) is 8.13. The summed E-state index contributed by atoms with van der Waals surface area (Å²) in [6.07, 6.45) is 1.22. The van der Waals surface area contributed by atoms with Crippen molar-refractivity contribution >= 4 is 0 Å². The summed E-state index contributed by atoms with van der Waals surface area (Å²) in [5.41, 5.74) is 5.88. The van der Waals surface area contributed by atoms with E-state index < -0.39 is 0 Å². The maximum atomic E-state index is 5.88. The molecule has 1 unspecified atom stereocenters. The van der Waals surface area contributed by atoms with Crippen LogP contribution in [0, 0.1) is 5.92 Å². The van der Waals surface area contributed by atoms with Crippen molar-refractivity contribution in [2.45, 2.75) is 46.3 Å². The Morgan fingerprint density at radius 2 is 1.82 bits per heavy atom. The van der Waals surface area contributed by atoms with Gasteiger partial charge < -0.3 is 10.5 Å². The van der Waals surface area contributed by atoms with Crippen molar-refractivity contribution in [3.05, 3.63) is 0 Å². The number of rotatable bonds is 5. The first-order chi connectivity index (χ1) is 5.13. The summed E-state index contributed by atoms with van der Waals surface area (Å²) >= 11 is 0. The van der Waals surface area contributed by atoms with Crippen LogP contribution in [0.4, 0.5) is 0 Å². The van der Waals surface area contributed by atoms with Gasteiger partial charge in [-0.1, -0.05) is 20.8 Å². The lowest BCUT2D eigenvalue weighted by Crippen LogP contribution is -2.39. The van der Waals surface area contributed by atoms with Gasteiger partial charge in [0, 0.05) is 12.6 Å². The number of nitrogens with two attached hydrogens (primary N) is 1. The standard InChI is InChI=1S/C9H21NO/c1-5-8(10)9(7(3)4)11-6-2/h7-9H,5-6,10H2,1-4H3/t8-,9?/m1/s1. The third-order valence-electron chi connectivity index (χ3n) is 1.91. The fourth-order valence-corrected chi connectivity index (χ4v) is 1.24. The topological polar surface area (TPSA) is 35.2 Å². The highest BCUT2D eigenvalue weighted by molar-refractivity contribution is 4.74. The Morgan fingerprint density at radius 1 is 1.27 bits per heavy atom. The molecule has 0 rings (SSSR count). The molecule has 0 aromatic carbocycles. The van der Waals surface area contributed by atoms with E-state index in [2.05, 4.69) is 20.8 Å². The summed E-state index contributed by atoms with van der Waals surface area (Å²) in [7, 11) is 0. The van der Waals surface area contributed by atoms with E-state index in [-0.39, 0.29) is 12.1 Å². The molecule has 0 amide bonds. The molecule has 2 heteroatoms.